The van der Waals surface area contributed by atoms with E-state index in [-0.39, 0.29) is 5.97 Å². The molecule has 0 aromatic carbocycles. The van der Waals surface area contributed by atoms with Crippen LogP contribution in [0.15, 0.2) is 0 Å². The molecular formula is C28H56O6. The first kappa shape index (κ1) is 33.3. The molecule has 0 saturated carbocycles. The van der Waals surface area contributed by atoms with E-state index in [1.165, 1.54) is 83.5 Å². The fourth-order valence-electron chi connectivity index (χ4n) is 3.65. The highest BCUT2D eigenvalue weighted by molar-refractivity contribution is 5.69. The van der Waals surface area contributed by atoms with Gasteiger partial charge in [0.25, 0.3) is 0 Å². The van der Waals surface area contributed by atoms with Gasteiger partial charge in [0.2, 0.25) is 0 Å². The van der Waals surface area contributed by atoms with Gasteiger partial charge in [0.05, 0.1) is 46.2 Å². The highest BCUT2D eigenvalue weighted by Crippen LogP contribution is 2.12. The number of unbranched alkanes of at least 4 members (excludes halogenated alkanes) is 13. The van der Waals surface area contributed by atoms with E-state index in [4.69, 9.17) is 23.7 Å². The predicted molar refractivity (Wildman–Crippen MR) is 139 cm³/mol. The Labute approximate surface area is 210 Å². The van der Waals surface area contributed by atoms with Crippen LogP contribution in [0.1, 0.15) is 117 Å². The van der Waals surface area contributed by atoms with Crippen LogP contribution in [0.25, 0.3) is 0 Å². The minimum absolute atomic E-state index is 0.164. The molecule has 204 valence electrons. The lowest BCUT2D eigenvalue weighted by Gasteiger charge is -2.08. The van der Waals surface area contributed by atoms with Gasteiger partial charge in [0.1, 0.15) is 6.61 Å². The zero-order valence-corrected chi connectivity index (χ0v) is 22.6. The zero-order valence-electron chi connectivity index (χ0n) is 22.6. The first-order valence-corrected chi connectivity index (χ1v) is 14.3. The van der Waals surface area contributed by atoms with Crippen LogP contribution in [0.4, 0.5) is 0 Å². The third kappa shape index (κ3) is 29.3. The molecule has 0 aromatic heterocycles. The minimum atomic E-state index is -0.164. The Morgan fingerprint density at radius 1 is 0.412 bits per heavy atom. The van der Waals surface area contributed by atoms with Crippen molar-refractivity contribution in [3.05, 3.63) is 0 Å². The highest BCUT2D eigenvalue weighted by Gasteiger charge is 2.00. The van der Waals surface area contributed by atoms with Gasteiger partial charge in [0, 0.05) is 13.0 Å². The summed E-state index contributed by atoms with van der Waals surface area (Å²) < 4.78 is 26.9. The van der Waals surface area contributed by atoms with E-state index in [0.717, 1.165) is 19.4 Å². The number of hydrogen-bond donors (Lipinski definition) is 0. The fraction of sp³-hybridized carbons (Fsp3) is 0.964. The molecule has 0 radical (unpaired) electrons. The Balaban J connectivity index is 3.03. The SMILES string of the molecule is CCCCCCCCCCCCCCCCOCCOCCOCCOCCOC(=O)CCC. The van der Waals surface area contributed by atoms with Gasteiger partial charge in [-0.2, -0.15) is 0 Å². The quantitative estimate of drug-likeness (QED) is 0.0845. The second-order valence-electron chi connectivity index (χ2n) is 9.02. The number of hydrogen-bond acceptors (Lipinski definition) is 6. The number of carbonyl (C=O) groups excluding carboxylic acids is 1. The Morgan fingerprint density at radius 2 is 0.765 bits per heavy atom. The van der Waals surface area contributed by atoms with Crippen LogP contribution in [-0.4, -0.2) is 65.4 Å². The molecule has 0 saturated heterocycles. The van der Waals surface area contributed by atoms with E-state index >= 15 is 0 Å². The second-order valence-corrected chi connectivity index (χ2v) is 9.02. The lowest BCUT2D eigenvalue weighted by molar-refractivity contribution is -0.145. The lowest BCUT2D eigenvalue weighted by Crippen LogP contribution is -2.14. The van der Waals surface area contributed by atoms with Crippen LogP contribution in [-0.2, 0) is 28.5 Å². The van der Waals surface area contributed by atoms with Crippen molar-refractivity contribution in [3.8, 4) is 0 Å². The molecule has 0 bridgehead atoms. The van der Waals surface area contributed by atoms with Crippen LogP contribution in [0.3, 0.4) is 0 Å². The van der Waals surface area contributed by atoms with Crippen molar-refractivity contribution in [2.75, 3.05) is 59.5 Å². The maximum absolute atomic E-state index is 11.2. The average molecular weight is 489 g/mol. The number of ether oxygens (including phenoxy) is 5. The van der Waals surface area contributed by atoms with Crippen LogP contribution >= 0.6 is 0 Å². The first-order chi connectivity index (χ1) is 16.8. The smallest absolute Gasteiger partial charge is 0.305 e. The summed E-state index contributed by atoms with van der Waals surface area (Å²) in [6.45, 7) is 9.17. The van der Waals surface area contributed by atoms with E-state index in [0.29, 0.717) is 59.3 Å². The van der Waals surface area contributed by atoms with Crippen molar-refractivity contribution in [3.63, 3.8) is 0 Å². The standard InChI is InChI=1S/C28H56O6/c1-3-5-6-7-8-9-10-11-12-13-14-15-16-17-19-30-20-21-31-22-23-32-24-25-33-26-27-34-28(29)18-4-2/h3-27H2,1-2H3. The van der Waals surface area contributed by atoms with Crippen LogP contribution in [0, 0.1) is 0 Å². The Bertz CT molecular complexity index is 391. The molecule has 0 rings (SSSR count). The van der Waals surface area contributed by atoms with Crippen LogP contribution < -0.4 is 0 Å². The molecule has 0 fully saturated rings. The summed E-state index contributed by atoms with van der Waals surface area (Å²) in [5.74, 6) is -0.164. The first-order valence-electron chi connectivity index (χ1n) is 14.3. The molecule has 0 aliphatic rings. The Hall–Kier alpha value is -0.690. The predicted octanol–water partition coefficient (Wildman–Crippen LogP) is 6.88. The molecule has 0 atom stereocenters. The normalized spacial score (nSPS) is 11.2. The molecule has 0 aliphatic carbocycles. The number of carbonyl (C=O) groups is 1. The molecule has 0 N–H and O–H groups in total. The topological polar surface area (TPSA) is 63.2 Å². The van der Waals surface area contributed by atoms with E-state index < -0.39 is 0 Å². The number of rotatable bonds is 29. The van der Waals surface area contributed by atoms with Crippen LogP contribution in [0.2, 0.25) is 0 Å². The summed E-state index contributed by atoms with van der Waals surface area (Å²) in [7, 11) is 0. The largest absolute Gasteiger partial charge is 0.463 e. The maximum Gasteiger partial charge on any atom is 0.305 e. The summed E-state index contributed by atoms with van der Waals surface area (Å²) in [5, 5.41) is 0. The average Bonchev–Trinajstić information content (AvgIpc) is 2.83. The maximum atomic E-state index is 11.2. The molecule has 0 aliphatic heterocycles. The lowest BCUT2D eigenvalue weighted by atomic mass is 10.0. The fourth-order valence-corrected chi connectivity index (χ4v) is 3.65. The molecular weight excluding hydrogens is 432 g/mol. The monoisotopic (exact) mass is 488 g/mol. The van der Waals surface area contributed by atoms with Gasteiger partial charge in [-0.25, -0.2) is 0 Å². The molecule has 0 aromatic rings. The van der Waals surface area contributed by atoms with Crippen molar-refractivity contribution < 1.29 is 28.5 Å². The molecule has 6 nitrogen and oxygen atoms in total. The number of esters is 1. The van der Waals surface area contributed by atoms with Crippen molar-refractivity contribution in [1.82, 2.24) is 0 Å². The Kier molecular flexibility index (Phi) is 29.7. The second kappa shape index (κ2) is 30.3. The third-order valence-corrected chi connectivity index (χ3v) is 5.70. The summed E-state index contributed by atoms with van der Waals surface area (Å²) in [6, 6.07) is 0. The van der Waals surface area contributed by atoms with E-state index in [2.05, 4.69) is 6.92 Å². The zero-order chi connectivity index (χ0) is 24.8. The van der Waals surface area contributed by atoms with Crippen molar-refractivity contribution >= 4 is 5.97 Å². The van der Waals surface area contributed by atoms with E-state index in [1.54, 1.807) is 0 Å². The molecule has 34 heavy (non-hydrogen) atoms. The van der Waals surface area contributed by atoms with E-state index in [9.17, 15) is 4.79 Å². The Morgan fingerprint density at radius 3 is 1.18 bits per heavy atom. The van der Waals surface area contributed by atoms with Gasteiger partial charge in [-0.15, -0.1) is 0 Å². The van der Waals surface area contributed by atoms with Crippen molar-refractivity contribution in [2.24, 2.45) is 0 Å². The highest BCUT2D eigenvalue weighted by atomic mass is 16.6. The van der Waals surface area contributed by atoms with Gasteiger partial charge in [0.15, 0.2) is 0 Å². The molecule has 6 heteroatoms. The summed E-state index contributed by atoms with van der Waals surface area (Å²) in [4.78, 5) is 11.2. The van der Waals surface area contributed by atoms with Crippen molar-refractivity contribution in [1.29, 1.82) is 0 Å². The summed E-state index contributed by atoms with van der Waals surface area (Å²) in [6.07, 6.45) is 20.6. The summed E-state index contributed by atoms with van der Waals surface area (Å²) in [5.41, 5.74) is 0. The van der Waals surface area contributed by atoms with Gasteiger partial charge < -0.3 is 23.7 Å². The van der Waals surface area contributed by atoms with E-state index in [1.807, 2.05) is 6.92 Å². The molecule has 0 amide bonds. The van der Waals surface area contributed by atoms with Gasteiger partial charge in [-0.05, 0) is 12.8 Å². The molecule has 0 spiro atoms. The van der Waals surface area contributed by atoms with Gasteiger partial charge in [-0.3, -0.25) is 4.79 Å². The van der Waals surface area contributed by atoms with Crippen molar-refractivity contribution in [2.45, 2.75) is 117 Å². The minimum Gasteiger partial charge on any atom is -0.463 e. The summed E-state index contributed by atoms with van der Waals surface area (Å²) >= 11 is 0. The van der Waals surface area contributed by atoms with Gasteiger partial charge >= 0.3 is 5.97 Å². The molecule has 0 heterocycles. The molecule has 0 unspecified atom stereocenters. The van der Waals surface area contributed by atoms with Crippen LogP contribution in [0.5, 0.6) is 0 Å². The van der Waals surface area contributed by atoms with Gasteiger partial charge in [-0.1, -0.05) is 97.3 Å². The third-order valence-electron chi connectivity index (χ3n) is 5.70.